The minimum atomic E-state index is -0.547. The molecule has 24 heavy (non-hydrogen) atoms. The molecule has 8 nitrogen and oxygen atoms in total. The van der Waals surface area contributed by atoms with E-state index in [0.717, 1.165) is 0 Å². The molecule has 0 unspecified atom stereocenters. The number of nitrogens with zero attached hydrogens (tertiary/aromatic N) is 4. The van der Waals surface area contributed by atoms with Gasteiger partial charge in [0, 0.05) is 42.9 Å². The molecule has 0 N–H and O–H groups in total. The van der Waals surface area contributed by atoms with E-state index in [1.807, 2.05) is 25.7 Å². The van der Waals surface area contributed by atoms with Crippen molar-refractivity contribution in [2.24, 2.45) is 0 Å². The highest BCUT2D eigenvalue weighted by atomic mass is 79.9. The number of aromatic nitrogens is 1. The molecule has 0 spiro atoms. The third kappa shape index (κ3) is 4.80. The highest BCUT2D eigenvalue weighted by Gasteiger charge is 2.27. The molecule has 2 heterocycles. The van der Waals surface area contributed by atoms with Crippen molar-refractivity contribution < 1.29 is 14.5 Å². The fraction of sp³-hybridized carbons (Fsp3) is 0.600. The molecule has 1 aliphatic heterocycles. The molecular formula is C15H21BrN4O4. The number of rotatable bonds is 2. The number of pyridine rings is 1. The van der Waals surface area contributed by atoms with E-state index in [9.17, 15) is 14.9 Å². The second-order valence-corrected chi connectivity index (χ2v) is 7.48. The van der Waals surface area contributed by atoms with Crippen molar-refractivity contribution >= 4 is 33.5 Å². The predicted octanol–water partition coefficient (Wildman–Crippen LogP) is 3.20. The number of halogens is 1. The average Bonchev–Trinajstić information content (AvgIpc) is 2.71. The molecule has 0 saturated carbocycles. The monoisotopic (exact) mass is 400 g/mol. The van der Waals surface area contributed by atoms with Crippen molar-refractivity contribution in [2.75, 3.05) is 31.1 Å². The summed E-state index contributed by atoms with van der Waals surface area (Å²) < 4.78 is 5.95. The van der Waals surface area contributed by atoms with Crippen LogP contribution < -0.4 is 4.90 Å². The van der Waals surface area contributed by atoms with Crippen LogP contribution in [0.15, 0.2) is 16.7 Å². The van der Waals surface area contributed by atoms with Crippen LogP contribution in [0.25, 0.3) is 0 Å². The first-order valence-electron chi connectivity index (χ1n) is 7.70. The van der Waals surface area contributed by atoms with E-state index in [1.165, 1.54) is 6.07 Å². The lowest BCUT2D eigenvalue weighted by Gasteiger charge is -2.26. The summed E-state index contributed by atoms with van der Waals surface area (Å²) in [5.41, 5.74) is -0.593. The van der Waals surface area contributed by atoms with Crippen LogP contribution in [0.3, 0.4) is 0 Å². The number of hydrogen-bond donors (Lipinski definition) is 0. The number of anilines is 1. The number of carbonyl (C=O) groups is 1. The largest absolute Gasteiger partial charge is 0.444 e. The summed E-state index contributed by atoms with van der Waals surface area (Å²) in [6.07, 6.45) is 1.87. The molecule has 1 aromatic rings. The summed E-state index contributed by atoms with van der Waals surface area (Å²) in [6, 6.07) is 1.44. The van der Waals surface area contributed by atoms with Crippen molar-refractivity contribution in [3.8, 4) is 0 Å². The van der Waals surface area contributed by atoms with Crippen molar-refractivity contribution in [3.05, 3.63) is 26.9 Å². The van der Waals surface area contributed by atoms with Crippen LogP contribution >= 0.6 is 15.9 Å². The van der Waals surface area contributed by atoms with Gasteiger partial charge in [0.1, 0.15) is 5.60 Å². The molecule has 1 amide bonds. The van der Waals surface area contributed by atoms with E-state index < -0.39 is 10.5 Å². The SMILES string of the molecule is CC(C)(C)OC(=O)N1CCCN(c2ncc(Br)cc2[N+](=O)[O-])CC1. The van der Waals surface area contributed by atoms with Gasteiger partial charge in [-0.05, 0) is 43.1 Å². The zero-order valence-electron chi connectivity index (χ0n) is 14.0. The minimum absolute atomic E-state index is 0.0462. The Labute approximate surface area is 149 Å². The highest BCUT2D eigenvalue weighted by Crippen LogP contribution is 2.29. The van der Waals surface area contributed by atoms with Gasteiger partial charge in [0.25, 0.3) is 0 Å². The number of ether oxygens (including phenoxy) is 1. The Kier molecular flexibility index (Phi) is 5.63. The van der Waals surface area contributed by atoms with E-state index in [0.29, 0.717) is 42.9 Å². The molecule has 1 saturated heterocycles. The Morgan fingerprint density at radius 2 is 2.04 bits per heavy atom. The molecule has 0 aromatic carbocycles. The van der Waals surface area contributed by atoms with Crippen LogP contribution in [0.2, 0.25) is 0 Å². The fourth-order valence-corrected chi connectivity index (χ4v) is 2.76. The Morgan fingerprint density at radius 1 is 1.33 bits per heavy atom. The van der Waals surface area contributed by atoms with Gasteiger partial charge in [0.05, 0.1) is 4.92 Å². The summed E-state index contributed by atoms with van der Waals surface area (Å²) in [7, 11) is 0. The van der Waals surface area contributed by atoms with Crippen molar-refractivity contribution in [2.45, 2.75) is 32.8 Å². The lowest BCUT2D eigenvalue weighted by atomic mass is 10.2. The van der Waals surface area contributed by atoms with Gasteiger partial charge in [0.15, 0.2) is 0 Å². The van der Waals surface area contributed by atoms with E-state index >= 15 is 0 Å². The first-order chi connectivity index (χ1) is 11.2. The van der Waals surface area contributed by atoms with E-state index in [4.69, 9.17) is 4.74 Å². The van der Waals surface area contributed by atoms with Gasteiger partial charge in [-0.15, -0.1) is 0 Å². The summed E-state index contributed by atoms with van der Waals surface area (Å²) in [4.78, 5) is 30.7. The zero-order chi connectivity index (χ0) is 17.9. The van der Waals surface area contributed by atoms with E-state index in [1.54, 1.807) is 11.1 Å². The Hall–Kier alpha value is -1.90. The molecule has 1 aromatic heterocycles. The van der Waals surface area contributed by atoms with Gasteiger partial charge in [-0.3, -0.25) is 10.1 Å². The maximum atomic E-state index is 12.2. The van der Waals surface area contributed by atoms with Crippen LogP contribution in [0, 0.1) is 10.1 Å². The van der Waals surface area contributed by atoms with Gasteiger partial charge in [-0.25, -0.2) is 9.78 Å². The molecule has 0 radical (unpaired) electrons. The van der Waals surface area contributed by atoms with E-state index in [2.05, 4.69) is 20.9 Å². The molecule has 2 rings (SSSR count). The van der Waals surface area contributed by atoms with Gasteiger partial charge in [-0.1, -0.05) is 0 Å². The average molecular weight is 401 g/mol. The summed E-state index contributed by atoms with van der Waals surface area (Å²) in [5, 5.41) is 11.3. The molecule has 1 aliphatic rings. The standard InChI is InChI=1S/C15H21BrN4O4/c1-15(2,3)24-14(21)19-6-4-5-18(7-8-19)13-12(20(22)23)9-11(16)10-17-13/h9-10H,4-8H2,1-3H3. The molecule has 0 aliphatic carbocycles. The fourth-order valence-electron chi connectivity index (χ4n) is 2.44. The smallest absolute Gasteiger partial charge is 0.410 e. The first-order valence-corrected chi connectivity index (χ1v) is 8.49. The normalized spacial score (nSPS) is 15.8. The Morgan fingerprint density at radius 3 is 2.67 bits per heavy atom. The molecule has 1 fully saturated rings. The second-order valence-electron chi connectivity index (χ2n) is 6.56. The van der Waals surface area contributed by atoms with E-state index in [-0.39, 0.29) is 11.8 Å². The van der Waals surface area contributed by atoms with Crippen LogP contribution in [0.1, 0.15) is 27.2 Å². The molecule has 0 bridgehead atoms. The zero-order valence-corrected chi connectivity index (χ0v) is 15.6. The molecular weight excluding hydrogens is 380 g/mol. The molecule has 9 heteroatoms. The van der Waals surface area contributed by atoms with Crippen molar-refractivity contribution in [1.29, 1.82) is 0 Å². The summed E-state index contributed by atoms with van der Waals surface area (Å²) >= 11 is 3.21. The maximum Gasteiger partial charge on any atom is 0.410 e. The second kappa shape index (κ2) is 7.33. The van der Waals surface area contributed by atoms with Gasteiger partial charge in [0.2, 0.25) is 5.82 Å². The topological polar surface area (TPSA) is 88.8 Å². The number of nitro groups is 1. The van der Waals surface area contributed by atoms with Crippen molar-refractivity contribution in [3.63, 3.8) is 0 Å². The Balaban J connectivity index is 2.11. The number of amides is 1. The Bertz CT molecular complexity index is 632. The molecule has 132 valence electrons. The predicted molar refractivity (Wildman–Crippen MR) is 93.2 cm³/mol. The lowest BCUT2D eigenvalue weighted by molar-refractivity contribution is -0.384. The van der Waals surface area contributed by atoms with Crippen LogP contribution in [0.4, 0.5) is 16.3 Å². The summed E-state index contributed by atoms with van der Waals surface area (Å²) in [6.45, 7) is 7.52. The van der Waals surface area contributed by atoms with Crippen LogP contribution in [-0.4, -0.2) is 52.7 Å². The van der Waals surface area contributed by atoms with Crippen LogP contribution in [0.5, 0.6) is 0 Å². The minimum Gasteiger partial charge on any atom is -0.444 e. The quantitative estimate of drug-likeness (QED) is 0.559. The summed E-state index contributed by atoms with van der Waals surface area (Å²) in [5.74, 6) is 0.328. The number of hydrogen-bond acceptors (Lipinski definition) is 6. The van der Waals surface area contributed by atoms with Crippen LogP contribution in [-0.2, 0) is 4.74 Å². The molecule has 0 atom stereocenters. The van der Waals surface area contributed by atoms with Gasteiger partial charge in [-0.2, -0.15) is 0 Å². The number of carbonyl (C=O) groups excluding carboxylic acids is 1. The van der Waals surface area contributed by atoms with Gasteiger partial charge < -0.3 is 14.5 Å². The van der Waals surface area contributed by atoms with Gasteiger partial charge >= 0.3 is 11.8 Å². The first kappa shape index (κ1) is 18.4. The third-order valence-electron chi connectivity index (χ3n) is 3.46. The third-order valence-corrected chi connectivity index (χ3v) is 3.89. The van der Waals surface area contributed by atoms with Crippen molar-refractivity contribution in [1.82, 2.24) is 9.88 Å². The lowest BCUT2D eigenvalue weighted by Crippen LogP contribution is -2.39. The maximum absolute atomic E-state index is 12.2. The highest BCUT2D eigenvalue weighted by molar-refractivity contribution is 9.10.